The quantitative estimate of drug-likeness (QED) is 0.477. The fourth-order valence-electron chi connectivity index (χ4n) is 3.33. The van der Waals surface area contributed by atoms with Crippen molar-refractivity contribution in [3.8, 4) is 22.4 Å². The van der Waals surface area contributed by atoms with Crippen LogP contribution in [0.25, 0.3) is 39.5 Å². The number of hydrogen-bond donors (Lipinski definition) is 1. The summed E-state index contributed by atoms with van der Waals surface area (Å²) in [5.41, 5.74) is 4.49. The van der Waals surface area contributed by atoms with Gasteiger partial charge in [-0.3, -0.25) is 4.98 Å². The molecular formula is C22H17ClN4O2. The second kappa shape index (κ2) is 7.85. The summed E-state index contributed by atoms with van der Waals surface area (Å²) in [6.07, 6.45) is 7.69. The number of aliphatic carboxylic acids is 1. The number of halogens is 1. The van der Waals surface area contributed by atoms with Gasteiger partial charge in [0.2, 0.25) is 0 Å². The summed E-state index contributed by atoms with van der Waals surface area (Å²) >= 11 is 6.20. The molecule has 144 valence electrons. The number of rotatable bonds is 5. The molecule has 3 heterocycles. The van der Waals surface area contributed by atoms with E-state index in [0.717, 1.165) is 28.2 Å². The Balaban J connectivity index is 2.15. The number of benzene rings is 1. The maximum absolute atomic E-state index is 11.3. The van der Waals surface area contributed by atoms with Crippen LogP contribution >= 0.6 is 11.6 Å². The number of hydrogen-bond acceptors (Lipinski definition) is 4. The summed E-state index contributed by atoms with van der Waals surface area (Å²) in [4.78, 5) is 20.4. The molecule has 3 aromatic heterocycles. The summed E-state index contributed by atoms with van der Waals surface area (Å²) < 4.78 is 1.81. The molecule has 1 N–H and O–H groups in total. The van der Waals surface area contributed by atoms with Crippen molar-refractivity contribution in [3.63, 3.8) is 0 Å². The second-order valence-corrected chi connectivity index (χ2v) is 6.81. The second-order valence-electron chi connectivity index (χ2n) is 6.38. The van der Waals surface area contributed by atoms with Gasteiger partial charge in [0, 0.05) is 52.7 Å². The number of aryl methyl sites for hydroxylation is 1. The lowest BCUT2D eigenvalue weighted by atomic mass is 9.94. The smallest absolute Gasteiger partial charge is 0.328 e. The maximum Gasteiger partial charge on any atom is 0.328 e. The molecule has 0 aliphatic carbocycles. The zero-order valence-corrected chi connectivity index (χ0v) is 16.3. The molecule has 1 aromatic carbocycles. The SMILES string of the molecule is CCn1ncc2c(-c3cncc(Cl)c3)c(C=CC(=O)O)c(-c3ccccc3)nc21. The van der Waals surface area contributed by atoms with E-state index in [0.29, 0.717) is 28.5 Å². The lowest BCUT2D eigenvalue weighted by Gasteiger charge is -2.14. The van der Waals surface area contributed by atoms with Gasteiger partial charge in [0.25, 0.3) is 0 Å². The highest BCUT2D eigenvalue weighted by Crippen LogP contribution is 2.38. The monoisotopic (exact) mass is 404 g/mol. The summed E-state index contributed by atoms with van der Waals surface area (Å²) in [5.74, 6) is -1.04. The molecular weight excluding hydrogens is 388 g/mol. The molecule has 0 fully saturated rings. The van der Waals surface area contributed by atoms with Gasteiger partial charge in [0.15, 0.2) is 5.65 Å². The summed E-state index contributed by atoms with van der Waals surface area (Å²) in [7, 11) is 0. The van der Waals surface area contributed by atoms with E-state index in [1.165, 1.54) is 0 Å². The Hall–Kier alpha value is -3.51. The Bertz CT molecular complexity index is 1230. The molecule has 0 saturated carbocycles. The van der Waals surface area contributed by atoms with Gasteiger partial charge >= 0.3 is 5.97 Å². The van der Waals surface area contributed by atoms with Crippen LogP contribution in [0.1, 0.15) is 12.5 Å². The van der Waals surface area contributed by atoms with Crippen molar-refractivity contribution in [1.82, 2.24) is 19.7 Å². The predicted molar refractivity (Wildman–Crippen MR) is 114 cm³/mol. The van der Waals surface area contributed by atoms with E-state index in [1.807, 2.05) is 41.9 Å². The van der Waals surface area contributed by atoms with E-state index in [-0.39, 0.29) is 0 Å². The molecule has 0 saturated heterocycles. The molecule has 29 heavy (non-hydrogen) atoms. The molecule has 0 aliphatic heterocycles. The number of carbonyl (C=O) groups is 1. The van der Waals surface area contributed by atoms with Crippen LogP contribution in [-0.4, -0.2) is 30.8 Å². The minimum Gasteiger partial charge on any atom is -0.478 e. The van der Waals surface area contributed by atoms with Gasteiger partial charge in [-0.25, -0.2) is 14.5 Å². The van der Waals surface area contributed by atoms with Gasteiger partial charge in [-0.05, 0) is 19.1 Å². The van der Waals surface area contributed by atoms with Crippen molar-refractivity contribution in [2.75, 3.05) is 0 Å². The van der Waals surface area contributed by atoms with Gasteiger partial charge in [0.1, 0.15) is 0 Å². The number of nitrogens with zero attached hydrogens (tertiary/aromatic N) is 4. The maximum atomic E-state index is 11.3. The fraction of sp³-hybridized carbons (Fsp3) is 0.0909. The highest BCUT2D eigenvalue weighted by atomic mass is 35.5. The van der Waals surface area contributed by atoms with Crippen LogP contribution in [-0.2, 0) is 11.3 Å². The molecule has 4 aromatic rings. The van der Waals surface area contributed by atoms with E-state index >= 15 is 0 Å². The molecule has 0 radical (unpaired) electrons. The first kappa shape index (κ1) is 18.8. The summed E-state index contributed by atoms with van der Waals surface area (Å²) in [5, 5.41) is 15.0. The number of carboxylic acids is 1. The first-order valence-corrected chi connectivity index (χ1v) is 9.43. The van der Waals surface area contributed by atoms with Crippen molar-refractivity contribution in [1.29, 1.82) is 0 Å². The third-order valence-corrected chi connectivity index (χ3v) is 4.76. The number of fused-ring (bicyclic) bond motifs is 1. The van der Waals surface area contributed by atoms with E-state index in [1.54, 1.807) is 30.7 Å². The molecule has 4 rings (SSSR count). The van der Waals surface area contributed by atoms with Crippen molar-refractivity contribution in [2.45, 2.75) is 13.5 Å². The van der Waals surface area contributed by atoms with Gasteiger partial charge in [-0.1, -0.05) is 41.9 Å². The number of carboxylic acid groups (broad SMARTS) is 1. The average Bonchev–Trinajstić information content (AvgIpc) is 3.14. The number of pyridine rings is 2. The van der Waals surface area contributed by atoms with Crippen LogP contribution < -0.4 is 0 Å². The molecule has 0 aliphatic rings. The standard InChI is InChI=1S/C22H17ClN4O2/c1-2-27-22-18(13-25-27)20(15-10-16(23)12-24-11-15)17(8-9-19(28)29)21(26-22)14-6-4-3-5-7-14/h3-13H,2H2,1H3,(H,28,29). The topological polar surface area (TPSA) is 80.9 Å². The fourth-order valence-corrected chi connectivity index (χ4v) is 3.50. The molecule has 0 unspecified atom stereocenters. The van der Waals surface area contributed by atoms with Crippen LogP contribution in [0.3, 0.4) is 0 Å². The Kier molecular flexibility index (Phi) is 5.10. The Labute approximate surface area is 172 Å². The van der Waals surface area contributed by atoms with Crippen molar-refractivity contribution in [3.05, 3.63) is 71.7 Å². The summed E-state index contributed by atoms with van der Waals surface area (Å²) in [6, 6.07) is 11.5. The molecule has 7 heteroatoms. The van der Waals surface area contributed by atoms with Crippen molar-refractivity contribution in [2.24, 2.45) is 0 Å². The van der Waals surface area contributed by atoms with Gasteiger partial charge < -0.3 is 5.11 Å². The lowest BCUT2D eigenvalue weighted by molar-refractivity contribution is -0.131. The van der Waals surface area contributed by atoms with Gasteiger partial charge in [-0.2, -0.15) is 5.10 Å². The van der Waals surface area contributed by atoms with Crippen LogP contribution in [0.2, 0.25) is 5.02 Å². The molecule has 0 amide bonds. The first-order chi connectivity index (χ1) is 14.1. The van der Waals surface area contributed by atoms with E-state index in [2.05, 4.69) is 10.1 Å². The lowest BCUT2D eigenvalue weighted by Crippen LogP contribution is -2.01. The first-order valence-electron chi connectivity index (χ1n) is 9.05. The molecule has 0 spiro atoms. The largest absolute Gasteiger partial charge is 0.478 e. The Morgan fingerprint density at radius 1 is 1.17 bits per heavy atom. The number of aromatic nitrogens is 4. The summed E-state index contributed by atoms with van der Waals surface area (Å²) in [6.45, 7) is 2.65. The Morgan fingerprint density at radius 2 is 1.97 bits per heavy atom. The normalized spacial score (nSPS) is 11.4. The highest BCUT2D eigenvalue weighted by molar-refractivity contribution is 6.30. The van der Waals surface area contributed by atoms with Crippen molar-refractivity contribution < 1.29 is 9.90 Å². The van der Waals surface area contributed by atoms with Crippen LogP contribution in [0, 0.1) is 0 Å². The minimum atomic E-state index is -1.04. The van der Waals surface area contributed by atoms with Crippen LogP contribution in [0.5, 0.6) is 0 Å². The molecule has 0 atom stereocenters. The third kappa shape index (κ3) is 3.62. The van der Waals surface area contributed by atoms with Crippen LogP contribution in [0.15, 0.2) is 61.1 Å². The van der Waals surface area contributed by atoms with E-state index in [9.17, 15) is 9.90 Å². The van der Waals surface area contributed by atoms with E-state index in [4.69, 9.17) is 16.6 Å². The molecule has 6 nitrogen and oxygen atoms in total. The third-order valence-electron chi connectivity index (χ3n) is 4.56. The zero-order valence-electron chi connectivity index (χ0n) is 15.6. The predicted octanol–water partition coefficient (Wildman–Crippen LogP) is 4.93. The average molecular weight is 405 g/mol. The minimum absolute atomic E-state index is 0.491. The highest BCUT2D eigenvalue weighted by Gasteiger charge is 2.19. The van der Waals surface area contributed by atoms with Gasteiger partial charge in [0.05, 0.1) is 16.9 Å². The Morgan fingerprint density at radius 3 is 2.66 bits per heavy atom. The van der Waals surface area contributed by atoms with Crippen LogP contribution in [0.4, 0.5) is 0 Å². The molecule has 0 bridgehead atoms. The zero-order chi connectivity index (χ0) is 20.4. The van der Waals surface area contributed by atoms with Gasteiger partial charge in [-0.15, -0.1) is 0 Å². The van der Waals surface area contributed by atoms with E-state index < -0.39 is 5.97 Å². The van der Waals surface area contributed by atoms with Crippen molar-refractivity contribution >= 4 is 34.7 Å².